The summed E-state index contributed by atoms with van der Waals surface area (Å²) in [5.74, 6) is 0.653. The maximum Gasteiger partial charge on any atom is 0.0376 e. The lowest BCUT2D eigenvalue weighted by atomic mass is 9.96. The molecule has 1 aromatic rings. The minimum absolute atomic E-state index is 0.653. The summed E-state index contributed by atoms with van der Waals surface area (Å²) in [7, 11) is 1.25. The molecule has 1 aromatic carbocycles. The van der Waals surface area contributed by atoms with Gasteiger partial charge >= 0.3 is 0 Å². The van der Waals surface area contributed by atoms with Crippen molar-refractivity contribution in [2.75, 3.05) is 11.9 Å². The standard InChI is InChI=1S/C11H15N.CH4/c1-8(2)9-4-3-5-11-10(9)6-7-12-11;/h3-5,8,12H,6-7H2,1-2H3;1H4/i;1T. The molecule has 0 bridgehead atoms. The highest BCUT2D eigenvalue weighted by molar-refractivity contribution is 5.59. The molecule has 0 fully saturated rings. The molecule has 0 saturated heterocycles. The van der Waals surface area contributed by atoms with E-state index >= 15 is 0 Å². The van der Waals surface area contributed by atoms with Crippen LogP contribution in [0.3, 0.4) is 0 Å². The Kier molecular flexibility index (Phi) is 2.53. The minimum atomic E-state index is 0.653. The zero-order valence-electron chi connectivity index (χ0n) is 9.72. The van der Waals surface area contributed by atoms with E-state index in [1.807, 2.05) is 0 Å². The minimum Gasteiger partial charge on any atom is -0.384 e. The van der Waals surface area contributed by atoms with Gasteiger partial charge in [-0.1, -0.05) is 33.4 Å². The van der Waals surface area contributed by atoms with Crippen molar-refractivity contribution in [3.05, 3.63) is 29.3 Å². The lowest BCUT2D eigenvalue weighted by molar-refractivity contribution is 0.849. The van der Waals surface area contributed by atoms with Gasteiger partial charge in [0.2, 0.25) is 0 Å². The van der Waals surface area contributed by atoms with Gasteiger partial charge in [-0.15, -0.1) is 0 Å². The predicted molar refractivity (Wildman–Crippen MR) is 59.5 cm³/mol. The van der Waals surface area contributed by atoms with Gasteiger partial charge in [-0.3, -0.25) is 0 Å². The van der Waals surface area contributed by atoms with Crippen molar-refractivity contribution in [3.8, 4) is 0 Å². The van der Waals surface area contributed by atoms with E-state index in [1.54, 1.807) is 0 Å². The first-order chi connectivity index (χ1) is 6.79. The second-order valence-corrected chi connectivity index (χ2v) is 3.70. The molecular weight excluding hydrogens is 158 g/mol. The van der Waals surface area contributed by atoms with Gasteiger partial charge in [0.1, 0.15) is 0 Å². The van der Waals surface area contributed by atoms with Gasteiger partial charge in [0.05, 0.1) is 0 Å². The Balaban J connectivity index is 0.000000461. The van der Waals surface area contributed by atoms with E-state index in [-0.39, 0.29) is 0 Å². The van der Waals surface area contributed by atoms with Crippen molar-refractivity contribution in [2.24, 2.45) is 0 Å². The lowest BCUT2D eigenvalue weighted by Crippen LogP contribution is -1.93. The summed E-state index contributed by atoms with van der Waals surface area (Å²) >= 11 is 0. The fourth-order valence-electron chi connectivity index (χ4n) is 1.91. The lowest BCUT2D eigenvalue weighted by Gasteiger charge is -2.10. The van der Waals surface area contributed by atoms with Crippen LogP contribution in [0.1, 0.15) is 39.7 Å². The first-order valence-corrected chi connectivity index (χ1v) is 4.64. The molecule has 1 aliphatic heterocycles. The summed E-state index contributed by atoms with van der Waals surface area (Å²) in [6.45, 7) is 5.63. The second kappa shape index (κ2) is 3.82. The molecule has 0 aliphatic carbocycles. The highest BCUT2D eigenvalue weighted by Crippen LogP contribution is 2.29. The first kappa shape index (κ1) is 8.61. The molecule has 1 nitrogen and oxygen atoms in total. The zero-order valence-corrected chi connectivity index (χ0v) is 8.72. The molecule has 0 unspecified atom stereocenters. The van der Waals surface area contributed by atoms with Crippen LogP contribution >= 0.6 is 0 Å². The second-order valence-electron chi connectivity index (χ2n) is 3.70. The first-order valence-electron chi connectivity index (χ1n) is 5.64. The smallest absolute Gasteiger partial charge is 0.0376 e. The molecule has 0 saturated carbocycles. The number of hydrogen-bond acceptors (Lipinski definition) is 1. The van der Waals surface area contributed by atoms with Crippen LogP contribution in [0.25, 0.3) is 0 Å². The van der Waals surface area contributed by atoms with Gasteiger partial charge < -0.3 is 5.32 Å². The van der Waals surface area contributed by atoms with E-state index in [0.717, 1.165) is 6.54 Å². The van der Waals surface area contributed by atoms with E-state index in [0.29, 0.717) is 5.92 Å². The topological polar surface area (TPSA) is 12.0 Å². The van der Waals surface area contributed by atoms with Gasteiger partial charge in [0.15, 0.2) is 0 Å². The zero-order chi connectivity index (χ0) is 10.6. The third-order valence-corrected chi connectivity index (χ3v) is 2.52. The van der Waals surface area contributed by atoms with Crippen LogP contribution in [-0.4, -0.2) is 6.54 Å². The summed E-state index contributed by atoms with van der Waals surface area (Å²) in [5, 5.41) is 3.40. The number of benzene rings is 1. The van der Waals surface area contributed by atoms with Crippen LogP contribution in [0, 0.1) is 0 Å². The van der Waals surface area contributed by atoms with Crippen molar-refractivity contribution < 1.29 is 1.37 Å². The normalized spacial score (nSPS) is 14.0. The predicted octanol–water partition coefficient (Wildman–Crippen LogP) is 3.41. The van der Waals surface area contributed by atoms with E-state index in [1.165, 1.54) is 30.6 Å². The Morgan fingerprint density at radius 2 is 2.23 bits per heavy atom. The molecule has 1 N–H and O–H groups in total. The third kappa shape index (κ3) is 1.69. The van der Waals surface area contributed by atoms with Crippen LogP contribution < -0.4 is 5.32 Å². The number of rotatable bonds is 1. The highest BCUT2D eigenvalue weighted by atomic mass is 14.9. The molecule has 0 amide bonds. The number of hydrogen-bond donors (Lipinski definition) is 1. The largest absolute Gasteiger partial charge is 0.384 e. The molecule has 0 aromatic heterocycles. The number of anilines is 1. The van der Waals surface area contributed by atoms with E-state index in [9.17, 15) is 0 Å². The molecule has 0 atom stereocenters. The third-order valence-electron chi connectivity index (χ3n) is 2.52. The number of nitrogens with one attached hydrogen (secondary N) is 1. The average Bonchev–Trinajstić information content (AvgIpc) is 2.67. The van der Waals surface area contributed by atoms with Crippen molar-refractivity contribution in [1.29, 1.82) is 0 Å². The molecule has 0 radical (unpaired) electrons. The highest BCUT2D eigenvalue weighted by Gasteiger charge is 2.14. The SMILES string of the molecule is CC(C)c1cccc2c1CCN2.[3H]C. The molecule has 1 aliphatic rings. The van der Waals surface area contributed by atoms with Gasteiger partial charge in [-0.2, -0.15) is 0 Å². The van der Waals surface area contributed by atoms with Crippen molar-refractivity contribution in [1.82, 2.24) is 0 Å². The summed E-state index contributed by atoms with van der Waals surface area (Å²) in [6.07, 6.45) is 1.20. The van der Waals surface area contributed by atoms with Crippen LogP contribution in [0.2, 0.25) is 0 Å². The maximum absolute atomic E-state index is 5.75. The quantitative estimate of drug-likeness (QED) is 0.696. The van der Waals surface area contributed by atoms with Gasteiger partial charge in [-0.25, -0.2) is 0 Å². The van der Waals surface area contributed by atoms with Crippen LogP contribution in [0.5, 0.6) is 0 Å². The van der Waals surface area contributed by atoms with Crippen molar-refractivity contribution in [2.45, 2.75) is 33.6 Å². The van der Waals surface area contributed by atoms with Crippen LogP contribution in [0.4, 0.5) is 5.69 Å². The van der Waals surface area contributed by atoms with Gasteiger partial charge in [-0.05, 0) is 29.5 Å². The average molecular weight is 179 g/mol. The summed E-state index contributed by atoms with van der Waals surface area (Å²) < 4.78 is 5.75. The summed E-state index contributed by atoms with van der Waals surface area (Å²) in [5.41, 5.74) is 4.39. The Morgan fingerprint density at radius 1 is 1.46 bits per heavy atom. The molecule has 72 valence electrons. The molecular formula is C12H19N. The van der Waals surface area contributed by atoms with Crippen molar-refractivity contribution in [3.63, 3.8) is 0 Å². The number of fused-ring (bicyclic) bond motifs is 1. The molecule has 1 heteroatoms. The van der Waals surface area contributed by atoms with Crippen molar-refractivity contribution >= 4 is 5.69 Å². The van der Waals surface area contributed by atoms with E-state index in [4.69, 9.17) is 1.37 Å². The Bertz CT molecular complexity index is 294. The Morgan fingerprint density at radius 3 is 2.92 bits per heavy atom. The molecule has 0 spiro atoms. The molecule has 13 heavy (non-hydrogen) atoms. The van der Waals surface area contributed by atoms with Crippen LogP contribution in [-0.2, 0) is 6.42 Å². The fourth-order valence-corrected chi connectivity index (χ4v) is 1.91. The molecule has 2 rings (SSSR count). The maximum atomic E-state index is 5.75. The monoisotopic (exact) mass is 179 g/mol. The van der Waals surface area contributed by atoms with E-state index < -0.39 is 0 Å². The summed E-state index contributed by atoms with van der Waals surface area (Å²) in [4.78, 5) is 0. The van der Waals surface area contributed by atoms with Gasteiger partial charge in [0.25, 0.3) is 0 Å². The fraction of sp³-hybridized carbons (Fsp3) is 0.500. The Hall–Kier alpha value is -0.980. The van der Waals surface area contributed by atoms with Gasteiger partial charge in [0, 0.05) is 13.6 Å². The van der Waals surface area contributed by atoms with E-state index in [2.05, 4.69) is 37.4 Å². The van der Waals surface area contributed by atoms with Crippen LogP contribution in [0.15, 0.2) is 18.2 Å². The summed E-state index contributed by atoms with van der Waals surface area (Å²) in [6, 6.07) is 6.57. The molecule has 1 heterocycles. The Labute approximate surface area is 82.6 Å².